The standard InChI is InChI=1S/C9H17OP/c10-11(7-4-8-11)9-5-2-1-3-6-9/h9H,1-8H2. The fraction of sp³-hybridized carbons (Fsp3) is 1.00. The van der Waals surface area contributed by atoms with E-state index in [1.165, 1.54) is 38.5 Å². The lowest BCUT2D eigenvalue weighted by molar-refractivity contribution is 0.474. The normalized spacial score (nSPS) is 31.3. The van der Waals surface area contributed by atoms with Crippen LogP contribution < -0.4 is 0 Å². The molecule has 0 bridgehead atoms. The van der Waals surface area contributed by atoms with E-state index in [1.54, 1.807) is 0 Å². The maximum atomic E-state index is 12.0. The van der Waals surface area contributed by atoms with Crippen LogP contribution in [0.25, 0.3) is 0 Å². The molecule has 1 saturated carbocycles. The molecular weight excluding hydrogens is 155 g/mol. The topological polar surface area (TPSA) is 17.1 Å². The molecule has 2 rings (SSSR count). The monoisotopic (exact) mass is 172 g/mol. The van der Waals surface area contributed by atoms with Crippen molar-refractivity contribution in [2.45, 2.75) is 44.2 Å². The predicted octanol–water partition coefficient (Wildman–Crippen LogP) is 3.09. The quantitative estimate of drug-likeness (QED) is 0.555. The molecule has 1 heterocycles. The highest BCUT2D eigenvalue weighted by Crippen LogP contribution is 2.62. The molecule has 0 aromatic heterocycles. The number of hydrogen-bond donors (Lipinski definition) is 0. The third-order valence-corrected chi connectivity index (χ3v) is 7.31. The number of hydrogen-bond acceptors (Lipinski definition) is 1. The van der Waals surface area contributed by atoms with Gasteiger partial charge in [-0.25, -0.2) is 0 Å². The van der Waals surface area contributed by atoms with Crippen molar-refractivity contribution in [3.63, 3.8) is 0 Å². The summed E-state index contributed by atoms with van der Waals surface area (Å²) < 4.78 is 12.0. The van der Waals surface area contributed by atoms with Gasteiger partial charge in [0.25, 0.3) is 0 Å². The zero-order valence-electron chi connectivity index (χ0n) is 7.09. The lowest BCUT2D eigenvalue weighted by Crippen LogP contribution is -2.23. The van der Waals surface area contributed by atoms with Crippen LogP contribution in [0.4, 0.5) is 0 Å². The van der Waals surface area contributed by atoms with Gasteiger partial charge in [0.1, 0.15) is 0 Å². The third-order valence-electron chi connectivity index (χ3n) is 3.31. The van der Waals surface area contributed by atoms with Crippen LogP contribution in [0, 0.1) is 0 Å². The molecule has 0 aromatic rings. The van der Waals surface area contributed by atoms with Crippen molar-refractivity contribution in [1.82, 2.24) is 0 Å². The van der Waals surface area contributed by atoms with Gasteiger partial charge in [0.2, 0.25) is 0 Å². The zero-order chi connectivity index (χ0) is 7.73. The SMILES string of the molecule is O=P1(C2CCCCC2)CCC1. The molecule has 64 valence electrons. The molecule has 1 nitrogen and oxygen atoms in total. The van der Waals surface area contributed by atoms with Crippen molar-refractivity contribution in [2.24, 2.45) is 0 Å². The predicted molar refractivity (Wildman–Crippen MR) is 48.8 cm³/mol. The van der Waals surface area contributed by atoms with Crippen LogP contribution in [0.15, 0.2) is 0 Å². The van der Waals surface area contributed by atoms with Crippen molar-refractivity contribution in [3.05, 3.63) is 0 Å². The van der Waals surface area contributed by atoms with Crippen LogP contribution >= 0.6 is 7.14 Å². The molecule has 0 unspecified atom stereocenters. The maximum Gasteiger partial charge on any atom is 0.0907 e. The minimum Gasteiger partial charge on any atom is -0.323 e. The van der Waals surface area contributed by atoms with Gasteiger partial charge in [0.15, 0.2) is 0 Å². The molecule has 0 radical (unpaired) electrons. The van der Waals surface area contributed by atoms with Crippen LogP contribution in [0.1, 0.15) is 38.5 Å². The second-order valence-corrected chi connectivity index (χ2v) is 7.57. The molecule has 0 spiro atoms. The average Bonchev–Trinajstić information content (AvgIpc) is 2.02. The highest BCUT2D eigenvalue weighted by atomic mass is 31.2. The van der Waals surface area contributed by atoms with Gasteiger partial charge < -0.3 is 4.57 Å². The summed E-state index contributed by atoms with van der Waals surface area (Å²) in [6.45, 7) is 0. The zero-order valence-corrected chi connectivity index (χ0v) is 7.98. The Morgan fingerprint density at radius 2 is 1.55 bits per heavy atom. The van der Waals surface area contributed by atoms with Crippen molar-refractivity contribution in [1.29, 1.82) is 0 Å². The van der Waals surface area contributed by atoms with E-state index in [0.717, 1.165) is 12.3 Å². The van der Waals surface area contributed by atoms with Crippen LogP contribution in [0.2, 0.25) is 0 Å². The summed E-state index contributed by atoms with van der Waals surface area (Å²) in [5.41, 5.74) is 0.657. The van der Waals surface area contributed by atoms with E-state index < -0.39 is 7.14 Å². The van der Waals surface area contributed by atoms with E-state index in [4.69, 9.17) is 0 Å². The van der Waals surface area contributed by atoms with E-state index in [2.05, 4.69) is 0 Å². The Labute approximate surface area is 68.9 Å². The summed E-state index contributed by atoms with van der Waals surface area (Å²) in [6.07, 6.45) is 10.0. The van der Waals surface area contributed by atoms with Crippen LogP contribution in [-0.2, 0) is 4.57 Å². The van der Waals surface area contributed by atoms with E-state index in [9.17, 15) is 4.57 Å². The molecule has 0 atom stereocenters. The fourth-order valence-corrected chi connectivity index (χ4v) is 5.36. The van der Waals surface area contributed by atoms with Gasteiger partial charge in [0.05, 0.1) is 7.14 Å². The van der Waals surface area contributed by atoms with E-state index >= 15 is 0 Å². The molecule has 0 amide bonds. The highest BCUT2D eigenvalue weighted by molar-refractivity contribution is 7.66. The molecular formula is C9H17OP. The maximum absolute atomic E-state index is 12.0. The van der Waals surface area contributed by atoms with E-state index in [0.29, 0.717) is 5.66 Å². The summed E-state index contributed by atoms with van der Waals surface area (Å²) in [5.74, 6) is 0. The third kappa shape index (κ3) is 1.40. The average molecular weight is 172 g/mol. The molecule has 1 aliphatic heterocycles. The van der Waals surface area contributed by atoms with Gasteiger partial charge in [-0.05, 0) is 19.3 Å². The Morgan fingerprint density at radius 1 is 0.909 bits per heavy atom. The molecule has 0 aromatic carbocycles. The molecule has 2 heteroatoms. The van der Waals surface area contributed by atoms with Gasteiger partial charge in [-0.2, -0.15) is 0 Å². The van der Waals surface area contributed by atoms with Crippen LogP contribution in [-0.4, -0.2) is 18.0 Å². The van der Waals surface area contributed by atoms with Gasteiger partial charge in [-0.1, -0.05) is 19.3 Å². The van der Waals surface area contributed by atoms with Crippen LogP contribution in [0.3, 0.4) is 0 Å². The second kappa shape index (κ2) is 2.94. The Morgan fingerprint density at radius 3 is 2.00 bits per heavy atom. The first-order valence-corrected chi connectivity index (χ1v) is 7.04. The molecule has 0 N–H and O–H groups in total. The first-order valence-electron chi connectivity index (χ1n) is 4.89. The summed E-state index contributed by atoms with van der Waals surface area (Å²) in [7, 11) is -1.57. The molecule has 2 fully saturated rings. The van der Waals surface area contributed by atoms with Crippen molar-refractivity contribution in [3.8, 4) is 0 Å². The summed E-state index contributed by atoms with van der Waals surface area (Å²) in [6, 6.07) is 0. The van der Waals surface area contributed by atoms with Gasteiger partial charge in [0, 0.05) is 18.0 Å². The van der Waals surface area contributed by atoms with Crippen molar-refractivity contribution >= 4 is 7.14 Å². The number of rotatable bonds is 1. The second-order valence-electron chi connectivity index (χ2n) is 4.04. The molecule has 1 saturated heterocycles. The molecule has 1 aliphatic carbocycles. The summed E-state index contributed by atoms with van der Waals surface area (Å²) in [5, 5.41) is 0. The first kappa shape index (κ1) is 7.86. The van der Waals surface area contributed by atoms with Crippen molar-refractivity contribution in [2.75, 3.05) is 12.3 Å². The van der Waals surface area contributed by atoms with E-state index in [1.807, 2.05) is 0 Å². The Bertz CT molecular complexity index is 174. The Hall–Kier alpha value is 0.230. The van der Waals surface area contributed by atoms with Crippen molar-refractivity contribution < 1.29 is 4.57 Å². The first-order chi connectivity index (χ1) is 5.31. The summed E-state index contributed by atoms with van der Waals surface area (Å²) >= 11 is 0. The van der Waals surface area contributed by atoms with Crippen LogP contribution in [0.5, 0.6) is 0 Å². The van der Waals surface area contributed by atoms with Gasteiger partial charge in [-0.3, -0.25) is 0 Å². The summed E-state index contributed by atoms with van der Waals surface area (Å²) in [4.78, 5) is 0. The minimum atomic E-state index is -1.57. The smallest absolute Gasteiger partial charge is 0.0907 e. The molecule has 2 aliphatic rings. The fourth-order valence-electron chi connectivity index (χ4n) is 2.39. The Balaban J connectivity index is 1.97. The Kier molecular flexibility index (Phi) is 2.10. The minimum absolute atomic E-state index is 0.657. The molecule has 11 heavy (non-hydrogen) atoms. The van der Waals surface area contributed by atoms with Gasteiger partial charge >= 0.3 is 0 Å². The largest absolute Gasteiger partial charge is 0.323 e. The van der Waals surface area contributed by atoms with E-state index in [-0.39, 0.29) is 0 Å². The highest BCUT2D eigenvalue weighted by Gasteiger charge is 2.38. The lowest BCUT2D eigenvalue weighted by atomic mass is 10.0. The lowest BCUT2D eigenvalue weighted by Gasteiger charge is -2.36. The van der Waals surface area contributed by atoms with Gasteiger partial charge in [-0.15, -0.1) is 0 Å².